The molecule has 0 spiro atoms. The maximum atomic E-state index is 13.2. The van der Waals surface area contributed by atoms with Gasteiger partial charge in [-0.05, 0) is 31.5 Å². The summed E-state index contributed by atoms with van der Waals surface area (Å²) in [5.41, 5.74) is 8.61. The number of benzene rings is 1. The van der Waals surface area contributed by atoms with E-state index in [-0.39, 0.29) is 11.1 Å². The Morgan fingerprint density at radius 1 is 1.40 bits per heavy atom. The SMILES string of the molecule is CCn1nc(C)c(Cl)c1CC(N)c1ccc(F)c(Cl)c1. The fraction of sp³-hybridized carbons (Fsp3) is 0.357. The number of nitrogens with two attached hydrogens (primary N) is 1. The van der Waals surface area contributed by atoms with Crippen molar-refractivity contribution in [2.45, 2.75) is 32.9 Å². The minimum atomic E-state index is -0.449. The van der Waals surface area contributed by atoms with E-state index in [0.29, 0.717) is 11.4 Å². The van der Waals surface area contributed by atoms with Crippen LogP contribution in [0.25, 0.3) is 0 Å². The Morgan fingerprint density at radius 2 is 2.10 bits per heavy atom. The van der Waals surface area contributed by atoms with Crippen molar-refractivity contribution < 1.29 is 4.39 Å². The van der Waals surface area contributed by atoms with Gasteiger partial charge in [-0.1, -0.05) is 29.3 Å². The predicted octanol–water partition coefficient (Wildman–Crippen LogP) is 3.90. The molecule has 0 radical (unpaired) electrons. The van der Waals surface area contributed by atoms with Crippen LogP contribution in [0.4, 0.5) is 4.39 Å². The zero-order valence-electron chi connectivity index (χ0n) is 11.3. The van der Waals surface area contributed by atoms with Gasteiger partial charge in [0.2, 0.25) is 0 Å². The molecule has 0 aliphatic heterocycles. The molecule has 1 aromatic carbocycles. The standard InChI is InChI=1S/C14H16Cl2FN3/c1-3-20-13(14(16)8(2)19-20)7-12(18)9-4-5-11(17)10(15)6-9/h4-6,12H,3,7,18H2,1-2H3. The molecular formula is C14H16Cl2FN3. The number of nitrogens with zero attached hydrogens (tertiary/aromatic N) is 2. The van der Waals surface area contributed by atoms with Crippen molar-refractivity contribution in [1.29, 1.82) is 0 Å². The lowest BCUT2D eigenvalue weighted by Gasteiger charge is -2.14. The van der Waals surface area contributed by atoms with Gasteiger partial charge in [-0.25, -0.2) is 4.39 Å². The minimum Gasteiger partial charge on any atom is -0.324 e. The molecule has 0 aliphatic rings. The Kier molecular flexibility index (Phi) is 4.68. The first-order valence-electron chi connectivity index (χ1n) is 6.36. The Bertz CT molecular complexity index is 625. The number of rotatable bonds is 4. The maximum absolute atomic E-state index is 13.2. The van der Waals surface area contributed by atoms with Crippen LogP contribution in [0.15, 0.2) is 18.2 Å². The Labute approximate surface area is 127 Å². The summed E-state index contributed by atoms with van der Waals surface area (Å²) in [5, 5.41) is 5.06. The molecule has 2 rings (SSSR count). The number of aromatic nitrogens is 2. The highest BCUT2D eigenvalue weighted by Crippen LogP contribution is 2.26. The lowest BCUT2D eigenvalue weighted by molar-refractivity contribution is 0.585. The first-order chi connectivity index (χ1) is 9.43. The van der Waals surface area contributed by atoms with E-state index in [1.54, 1.807) is 12.1 Å². The van der Waals surface area contributed by atoms with E-state index in [1.165, 1.54) is 6.07 Å². The molecule has 1 atom stereocenters. The predicted molar refractivity (Wildman–Crippen MR) is 79.7 cm³/mol. The topological polar surface area (TPSA) is 43.8 Å². The first kappa shape index (κ1) is 15.3. The van der Waals surface area contributed by atoms with Crippen molar-refractivity contribution in [2.75, 3.05) is 0 Å². The molecule has 0 amide bonds. The van der Waals surface area contributed by atoms with Crippen molar-refractivity contribution >= 4 is 23.2 Å². The molecule has 108 valence electrons. The highest BCUT2D eigenvalue weighted by molar-refractivity contribution is 6.32. The Hall–Kier alpha value is -1.10. The van der Waals surface area contributed by atoms with Crippen molar-refractivity contribution in [2.24, 2.45) is 5.73 Å². The summed E-state index contributed by atoms with van der Waals surface area (Å²) in [5.74, 6) is -0.449. The number of hydrogen-bond donors (Lipinski definition) is 1. The molecule has 2 N–H and O–H groups in total. The molecule has 20 heavy (non-hydrogen) atoms. The lowest BCUT2D eigenvalue weighted by Crippen LogP contribution is -2.16. The molecule has 1 heterocycles. The molecule has 1 aromatic heterocycles. The van der Waals surface area contributed by atoms with Crippen LogP contribution in [0.5, 0.6) is 0 Å². The summed E-state index contributed by atoms with van der Waals surface area (Å²) in [7, 11) is 0. The van der Waals surface area contributed by atoms with Crippen LogP contribution in [-0.2, 0) is 13.0 Å². The summed E-state index contributed by atoms with van der Waals surface area (Å²) >= 11 is 12.0. The molecule has 3 nitrogen and oxygen atoms in total. The summed E-state index contributed by atoms with van der Waals surface area (Å²) in [6.45, 7) is 4.57. The van der Waals surface area contributed by atoms with Gasteiger partial charge in [-0.15, -0.1) is 0 Å². The minimum absolute atomic E-state index is 0.0734. The van der Waals surface area contributed by atoms with Crippen molar-refractivity contribution in [3.05, 3.63) is 51.0 Å². The quantitative estimate of drug-likeness (QED) is 0.929. The van der Waals surface area contributed by atoms with Gasteiger partial charge in [0.1, 0.15) is 5.82 Å². The van der Waals surface area contributed by atoms with Gasteiger partial charge in [0.05, 0.1) is 21.4 Å². The van der Waals surface area contributed by atoms with Crippen LogP contribution in [0, 0.1) is 12.7 Å². The van der Waals surface area contributed by atoms with Crippen LogP contribution < -0.4 is 5.73 Å². The van der Waals surface area contributed by atoms with Crippen LogP contribution in [0.3, 0.4) is 0 Å². The van der Waals surface area contributed by atoms with E-state index in [4.69, 9.17) is 28.9 Å². The molecule has 0 saturated heterocycles. The fourth-order valence-electron chi connectivity index (χ4n) is 2.13. The highest BCUT2D eigenvalue weighted by Gasteiger charge is 2.17. The van der Waals surface area contributed by atoms with Gasteiger partial charge in [0.25, 0.3) is 0 Å². The van der Waals surface area contributed by atoms with Crippen LogP contribution in [-0.4, -0.2) is 9.78 Å². The monoisotopic (exact) mass is 315 g/mol. The summed E-state index contributed by atoms with van der Waals surface area (Å²) < 4.78 is 15.0. The third-order valence-electron chi connectivity index (χ3n) is 3.24. The largest absolute Gasteiger partial charge is 0.324 e. The second kappa shape index (κ2) is 6.12. The zero-order valence-corrected chi connectivity index (χ0v) is 12.8. The molecule has 2 aromatic rings. The van der Waals surface area contributed by atoms with E-state index in [9.17, 15) is 4.39 Å². The normalized spacial score (nSPS) is 12.7. The summed E-state index contributed by atoms with van der Waals surface area (Å²) in [4.78, 5) is 0. The number of halogens is 3. The van der Waals surface area contributed by atoms with Gasteiger partial charge in [-0.2, -0.15) is 5.10 Å². The van der Waals surface area contributed by atoms with Crippen molar-refractivity contribution in [3.63, 3.8) is 0 Å². The van der Waals surface area contributed by atoms with Gasteiger partial charge in [0.15, 0.2) is 0 Å². The van der Waals surface area contributed by atoms with E-state index >= 15 is 0 Å². The third-order valence-corrected chi connectivity index (χ3v) is 4.02. The van der Waals surface area contributed by atoms with Crippen LogP contribution in [0.1, 0.15) is 29.9 Å². The average molecular weight is 316 g/mol. The van der Waals surface area contributed by atoms with E-state index in [1.807, 2.05) is 18.5 Å². The van der Waals surface area contributed by atoms with Crippen molar-refractivity contribution in [1.82, 2.24) is 9.78 Å². The molecule has 0 fully saturated rings. The molecule has 0 bridgehead atoms. The first-order valence-corrected chi connectivity index (χ1v) is 7.12. The Balaban J connectivity index is 2.27. The molecule has 0 aliphatic carbocycles. The van der Waals surface area contributed by atoms with Gasteiger partial charge < -0.3 is 5.73 Å². The highest BCUT2D eigenvalue weighted by atomic mass is 35.5. The fourth-order valence-corrected chi connectivity index (χ4v) is 2.53. The summed E-state index contributed by atoms with van der Waals surface area (Å²) in [6, 6.07) is 4.20. The van der Waals surface area contributed by atoms with Crippen molar-refractivity contribution in [3.8, 4) is 0 Å². The summed E-state index contributed by atoms with van der Waals surface area (Å²) in [6.07, 6.45) is 0.523. The van der Waals surface area contributed by atoms with Crippen LogP contribution in [0.2, 0.25) is 10.0 Å². The maximum Gasteiger partial charge on any atom is 0.141 e. The second-order valence-electron chi connectivity index (χ2n) is 4.65. The lowest BCUT2D eigenvalue weighted by atomic mass is 10.0. The molecule has 1 unspecified atom stereocenters. The second-order valence-corrected chi connectivity index (χ2v) is 5.43. The number of aryl methyl sites for hydroxylation is 2. The van der Waals surface area contributed by atoms with Gasteiger partial charge >= 0.3 is 0 Å². The molecule has 6 heteroatoms. The molecule has 0 saturated carbocycles. The zero-order chi connectivity index (χ0) is 14.9. The average Bonchev–Trinajstić information content (AvgIpc) is 2.69. The smallest absolute Gasteiger partial charge is 0.141 e. The van der Waals surface area contributed by atoms with Gasteiger partial charge in [0, 0.05) is 19.0 Å². The van der Waals surface area contributed by atoms with E-state index in [0.717, 1.165) is 23.5 Å². The Morgan fingerprint density at radius 3 is 2.70 bits per heavy atom. The number of hydrogen-bond acceptors (Lipinski definition) is 2. The molecular weight excluding hydrogens is 300 g/mol. The third kappa shape index (κ3) is 2.97. The van der Waals surface area contributed by atoms with E-state index < -0.39 is 5.82 Å². The van der Waals surface area contributed by atoms with Crippen LogP contribution >= 0.6 is 23.2 Å². The van der Waals surface area contributed by atoms with Gasteiger partial charge in [-0.3, -0.25) is 4.68 Å². The van der Waals surface area contributed by atoms with E-state index in [2.05, 4.69) is 5.10 Å².